The van der Waals surface area contributed by atoms with E-state index in [1.807, 2.05) is 0 Å². The first kappa shape index (κ1) is 16.4. The van der Waals surface area contributed by atoms with Gasteiger partial charge >= 0.3 is 6.09 Å². The van der Waals surface area contributed by atoms with E-state index in [1.54, 1.807) is 34.6 Å². The lowest BCUT2D eigenvalue weighted by molar-refractivity contribution is 0.0528. The molecule has 6 nitrogen and oxygen atoms in total. The summed E-state index contributed by atoms with van der Waals surface area (Å²) in [6, 6.07) is 0. The van der Waals surface area contributed by atoms with Gasteiger partial charge in [0.05, 0.1) is 5.41 Å². The lowest BCUT2D eigenvalue weighted by Crippen LogP contribution is -2.33. The number of alkyl carbamates (subject to hydrolysis) is 1. The van der Waals surface area contributed by atoms with Crippen molar-refractivity contribution in [1.29, 1.82) is 0 Å². The van der Waals surface area contributed by atoms with E-state index in [0.717, 1.165) is 0 Å². The van der Waals surface area contributed by atoms with Crippen molar-refractivity contribution >= 4 is 6.09 Å². The summed E-state index contributed by atoms with van der Waals surface area (Å²) in [7, 11) is 0. The number of hydrogen-bond acceptors (Lipinski definition) is 5. The van der Waals surface area contributed by atoms with Crippen LogP contribution in [-0.2, 0) is 16.6 Å². The highest BCUT2D eigenvalue weighted by Crippen LogP contribution is 2.21. The van der Waals surface area contributed by atoms with Crippen LogP contribution in [0.5, 0.6) is 0 Å². The van der Waals surface area contributed by atoms with Crippen molar-refractivity contribution in [3.63, 3.8) is 0 Å². The topological polar surface area (TPSA) is 77.2 Å². The molecule has 1 rings (SSSR count). The standard InChI is InChI=1S/C13H22FN3O3/c1-12(2,3)19-11(18)15-7-6-9-16-10(20-17-9)13(4,5)8-14/h6-8H2,1-5H3,(H,15,18). The quantitative estimate of drug-likeness (QED) is 0.899. The van der Waals surface area contributed by atoms with Gasteiger partial charge in [0.25, 0.3) is 0 Å². The van der Waals surface area contributed by atoms with Crippen molar-refractivity contribution in [3.8, 4) is 0 Å². The van der Waals surface area contributed by atoms with E-state index in [2.05, 4.69) is 15.5 Å². The molecule has 1 aromatic heterocycles. The number of hydrogen-bond donors (Lipinski definition) is 1. The highest BCUT2D eigenvalue weighted by Gasteiger charge is 2.27. The minimum atomic E-state index is -0.788. The predicted octanol–water partition coefficient (Wildman–Crippen LogP) is 2.38. The molecule has 0 unspecified atom stereocenters. The van der Waals surface area contributed by atoms with Crippen LogP contribution >= 0.6 is 0 Å². The Labute approximate surface area is 118 Å². The van der Waals surface area contributed by atoms with Gasteiger partial charge < -0.3 is 14.6 Å². The third-order valence-corrected chi connectivity index (χ3v) is 2.40. The number of alkyl halides is 1. The second-order valence-electron chi connectivity index (χ2n) is 6.21. The second kappa shape index (κ2) is 6.19. The molecule has 0 bridgehead atoms. The Balaban J connectivity index is 2.42. The molecule has 0 aliphatic rings. The van der Waals surface area contributed by atoms with Gasteiger partial charge in [-0.25, -0.2) is 9.18 Å². The van der Waals surface area contributed by atoms with Crippen LogP contribution in [0.1, 0.15) is 46.3 Å². The SMILES string of the molecule is CC(C)(C)OC(=O)NCCc1noc(C(C)(C)CF)n1. The summed E-state index contributed by atoms with van der Waals surface area (Å²) in [6.07, 6.45) is -0.101. The Morgan fingerprint density at radius 2 is 2.00 bits per heavy atom. The van der Waals surface area contributed by atoms with Crippen molar-refractivity contribution in [3.05, 3.63) is 11.7 Å². The van der Waals surface area contributed by atoms with E-state index >= 15 is 0 Å². The van der Waals surface area contributed by atoms with E-state index < -0.39 is 23.8 Å². The number of carbonyl (C=O) groups excluding carboxylic acids is 1. The van der Waals surface area contributed by atoms with E-state index in [1.165, 1.54) is 0 Å². The van der Waals surface area contributed by atoms with Crippen LogP contribution < -0.4 is 5.32 Å². The first-order valence-electron chi connectivity index (χ1n) is 6.50. The average Bonchev–Trinajstić information content (AvgIpc) is 2.76. The zero-order chi connectivity index (χ0) is 15.4. The molecule has 0 spiro atoms. The molecule has 1 aromatic rings. The first-order valence-corrected chi connectivity index (χ1v) is 6.50. The van der Waals surface area contributed by atoms with Crippen LogP contribution in [0.15, 0.2) is 4.52 Å². The van der Waals surface area contributed by atoms with Gasteiger partial charge in [0.2, 0.25) is 5.89 Å². The summed E-state index contributed by atoms with van der Waals surface area (Å²) < 4.78 is 22.9. The van der Waals surface area contributed by atoms with E-state index in [0.29, 0.717) is 18.8 Å². The highest BCUT2D eigenvalue weighted by atomic mass is 19.1. The summed E-state index contributed by atoms with van der Waals surface area (Å²) in [6.45, 7) is 8.48. The number of halogens is 1. The predicted molar refractivity (Wildman–Crippen MR) is 71.2 cm³/mol. The molecule has 1 N–H and O–H groups in total. The fourth-order valence-corrected chi connectivity index (χ4v) is 1.28. The van der Waals surface area contributed by atoms with Gasteiger partial charge in [0.1, 0.15) is 12.3 Å². The van der Waals surface area contributed by atoms with E-state index in [9.17, 15) is 9.18 Å². The van der Waals surface area contributed by atoms with Crippen LogP contribution in [0.25, 0.3) is 0 Å². The van der Waals surface area contributed by atoms with Crippen LogP contribution in [0.3, 0.4) is 0 Å². The maximum atomic E-state index is 12.8. The molecule has 0 aliphatic heterocycles. The summed E-state index contributed by atoms with van der Waals surface area (Å²) in [5.41, 5.74) is -1.32. The molecule has 0 radical (unpaired) electrons. The molecule has 0 fully saturated rings. The maximum Gasteiger partial charge on any atom is 0.407 e. The number of rotatable bonds is 5. The fourth-order valence-electron chi connectivity index (χ4n) is 1.28. The third kappa shape index (κ3) is 5.14. The zero-order valence-electron chi connectivity index (χ0n) is 12.6. The summed E-state index contributed by atoms with van der Waals surface area (Å²) in [5, 5.41) is 6.35. The average molecular weight is 287 g/mol. The molecule has 1 amide bonds. The Kier molecular flexibility index (Phi) is 5.08. The Hall–Kier alpha value is -1.66. The first-order chi connectivity index (χ1) is 9.14. The minimum Gasteiger partial charge on any atom is -0.444 e. The van der Waals surface area contributed by atoms with Crippen LogP contribution in [0, 0.1) is 0 Å². The highest BCUT2D eigenvalue weighted by molar-refractivity contribution is 5.67. The Morgan fingerprint density at radius 1 is 1.35 bits per heavy atom. The molecule has 0 saturated carbocycles. The molecular formula is C13H22FN3O3. The number of nitrogens with one attached hydrogen (secondary N) is 1. The largest absolute Gasteiger partial charge is 0.444 e. The lowest BCUT2D eigenvalue weighted by Gasteiger charge is -2.19. The monoisotopic (exact) mass is 287 g/mol. The van der Waals surface area contributed by atoms with Gasteiger partial charge in [0.15, 0.2) is 5.82 Å². The van der Waals surface area contributed by atoms with Crippen molar-refractivity contribution in [2.75, 3.05) is 13.2 Å². The van der Waals surface area contributed by atoms with Crippen molar-refractivity contribution in [2.24, 2.45) is 0 Å². The molecular weight excluding hydrogens is 265 g/mol. The molecule has 20 heavy (non-hydrogen) atoms. The Bertz CT molecular complexity index is 452. The van der Waals surface area contributed by atoms with Gasteiger partial charge in [-0.15, -0.1) is 0 Å². The minimum absolute atomic E-state index is 0.257. The second-order valence-corrected chi connectivity index (χ2v) is 6.21. The van der Waals surface area contributed by atoms with Gasteiger partial charge in [-0.2, -0.15) is 4.98 Å². The molecule has 0 atom stereocenters. The van der Waals surface area contributed by atoms with Crippen LogP contribution in [0.4, 0.5) is 9.18 Å². The fraction of sp³-hybridized carbons (Fsp3) is 0.769. The lowest BCUT2D eigenvalue weighted by atomic mass is 9.96. The van der Waals surface area contributed by atoms with Gasteiger partial charge in [-0.3, -0.25) is 0 Å². The molecule has 0 saturated heterocycles. The van der Waals surface area contributed by atoms with Crippen LogP contribution in [-0.4, -0.2) is 35.1 Å². The number of ether oxygens (including phenoxy) is 1. The molecule has 0 aliphatic carbocycles. The summed E-state index contributed by atoms with van der Waals surface area (Å²) >= 11 is 0. The van der Waals surface area contributed by atoms with Gasteiger partial charge in [-0.1, -0.05) is 5.16 Å². The Morgan fingerprint density at radius 3 is 2.55 bits per heavy atom. The normalized spacial score (nSPS) is 12.3. The van der Waals surface area contributed by atoms with Crippen molar-refractivity contribution < 1.29 is 18.4 Å². The maximum absolute atomic E-state index is 12.8. The number of aromatic nitrogens is 2. The summed E-state index contributed by atoms with van der Waals surface area (Å²) in [5.74, 6) is 0.685. The number of carbonyl (C=O) groups is 1. The number of nitrogens with zero attached hydrogens (tertiary/aromatic N) is 2. The van der Waals surface area contributed by atoms with Gasteiger partial charge in [-0.05, 0) is 34.6 Å². The number of amides is 1. The van der Waals surface area contributed by atoms with Crippen molar-refractivity contribution in [1.82, 2.24) is 15.5 Å². The van der Waals surface area contributed by atoms with Gasteiger partial charge in [0, 0.05) is 13.0 Å². The molecule has 7 heteroatoms. The smallest absolute Gasteiger partial charge is 0.407 e. The van der Waals surface area contributed by atoms with Crippen LogP contribution in [0.2, 0.25) is 0 Å². The third-order valence-electron chi connectivity index (χ3n) is 2.40. The summed E-state index contributed by atoms with van der Waals surface area (Å²) in [4.78, 5) is 15.5. The van der Waals surface area contributed by atoms with E-state index in [-0.39, 0.29) is 5.89 Å². The zero-order valence-corrected chi connectivity index (χ0v) is 12.6. The van der Waals surface area contributed by atoms with E-state index in [4.69, 9.17) is 9.26 Å². The molecule has 114 valence electrons. The molecule has 0 aromatic carbocycles. The van der Waals surface area contributed by atoms with Crippen molar-refractivity contribution in [2.45, 2.75) is 52.1 Å². The molecule has 1 heterocycles.